The number of hydrogen-bond acceptors (Lipinski definition) is 3. The number of rotatable bonds is 4. The van der Waals surface area contributed by atoms with E-state index < -0.39 is 11.7 Å². The van der Waals surface area contributed by atoms with Gasteiger partial charge in [0.2, 0.25) is 0 Å². The van der Waals surface area contributed by atoms with Crippen LogP contribution < -0.4 is 4.90 Å². The van der Waals surface area contributed by atoms with E-state index in [0.29, 0.717) is 10.6 Å². The fourth-order valence-electron chi connectivity index (χ4n) is 2.63. The van der Waals surface area contributed by atoms with Crippen molar-refractivity contribution in [2.75, 3.05) is 11.4 Å². The highest BCUT2D eigenvalue weighted by Gasteiger charge is 2.31. The Morgan fingerprint density at radius 1 is 1.12 bits per heavy atom. The van der Waals surface area contributed by atoms with Gasteiger partial charge in [0.05, 0.1) is 11.3 Å². The Hall–Kier alpha value is -1.79. The van der Waals surface area contributed by atoms with E-state index in [2.05, 4.69) is 23.7 Å². The Morgan fingerprint density at radius 2 is 1.80 bits per heavy atom. The van der Waals surface area contributed by atoms with Crippen LogP contribution in [0.3, 0.4) is 0 Å². The van der Waals surface area contributed by atoms with Crippen LogP contribution in [0.5, 0.6) is 0 Å². The molecule has 0 aliphatic rings. The molecule has 0 unspecified atom stereocenters. The molecule has 134 valence electrons. The van der Waals surface area contributed by atoms with Gasteiger partial charge in [-0.05, 0) is 30.2 Å². The van der Waals surface area contributed by atoms with Crippen LogP contribution >= 0.6 is 23.7 Å². The number of halogens is 4. The van der Waals surface area contributed by atoms with E-state index in [1.54, 1.807) is 18.5 Å². The molecule has 7 heteroatoms. The van der Waals surface area contributed by atoms with Crippen molar-refractivity contribution < 1.29 is 13.2 Å². The maximum absolute atomic E-state index is 12.9. The molecular formula is C18H18ClF3N2S. The number of alkyl halides is 3. The lowest BCUT2D eigenvalue weighted by atomic mass is 10.1. The van der Waals surface area contributed by atoms with Crippen molar-refractivity contribution in [3.05, 3.63) is 53.7 Å². The first-order valence-corrected chi connectivity index (χ1v) is 8.50. The maximum Gasteiger partial charge on any atom is 0.416 e. The molecule has 0 saturated heterocycles. The molecule has 2 aromatic heterocycles. The van der Waals surface area contributed by atoms with Crippen molar-refractivity contribution in [3.8, 4) is 0 Å². The Kier molecular flexibility index (Phi) is 5.95. The summed E-state index contributed by atoms with van der Waals surface area (Å²) in [4.78, 5) is 6.18. The lowest BCUT2D eigenvalue weighted by Crippen LogP contribution is -2.22. The zero-order valence-electron chi connectivity index (χ0n) is 13.7. The minimum absolute atomic E-state index is 0. The van der Waals surface area contributed by atoms with Gasteiger partial charge in [0.25, 0.3) is 0 Å². The minimum Gasteiger partial charge on any atom is -0.340 e. The van der Waals surface area contributed by atoms with Crippen LogP contribution in [0.4, 0.5) is 24.5 Å². The Balaban J connectivity index is 0.00000225. The van der Waals surface area contributed by atoms with E-state index in [1.807, 2.05) is 17.5 Å². The van der Waals surface area contributed by atoms with Crippen LogP contribution in [0.2, 0.25) is 0 Å². The van der Waals surface area contributed by atoms with Crippen molar-refractivity contribution in [3.63, 3.8) is 0 Å². The van der Waals surface area contributed by atoms with Crippen molar-refractivity contribution >= 4 is 45.2 Å². The van der Waals surface area contributed by atoms with Crippen LogP contribution in [-0.2, 0) is 6.18 Å². The first-order valence-electron chi connectivity index (χ1n) is 7.62. The molecule has 3 aromatic rings. The third kappa shape index (κ3) is 4.25. The Bertz CT molecular complexity index is 831. The van der Waals surface area contributed by atoms with Gasteiger partial charge in [0, 0.05) is 40.1 Å². The molecule has 1 aromatic carbocycles. The molecule has 0 fully saturated rings. The summed E-state index contributed by atoms with van der Waals surface area (Å²) < 4.78 is 39.4. The normalized spacial score (nSPS) is 11.6. The molecule has 3 rings (SSSR count). The Labute approximate surface area is 154 Å². The number of anilines is 2. The van der Waals surface area contributed by atoms with Gasteiger partial charge in [-0.2, -0.15) is 13.2 Å². The summed E-state index contributed by atoms with van der Waals surface area (Å²) in [5.41, 5.74) is 1.31. The second kappa shape index (κ2) is 7.62. The van der Waals surface area contributed by atoms with Crippen molar-refractivity contribution in [1.29, 1.82) is 0 Å². The molecule has 2 heterocycles. The number of thiophene rings is 1. The largest absolute Gasteiger partial charge is 0.416 e. The summed E-state index contributed by atoms with van der Waals surface area (Å²) in [5, 5.41) is 2.76. The summed E-state index contributed by atoms with van der Waals surface area (Å²) >= 11 is 1.34. The van der Waals surface area contributed by atoms with Crippen LogP contribution in [0, 0.1) is 5.92 Å². The summed E-state index contributed by atoms with van der Waals surface area (Å²) in [5.74, 6) is 0.405. The average Bonchev–Trinajstić information content (AvgIpc) is 2.95. The molecule has 0 spiro atoms. The molecular weight excluding hydrogens is 369 g/mol. The second-order valence-corrected chi connectivity index (χ2v) is 6.95. The van der Waals surface area contributed by atoms with Crippen LogP contribution in [-0.4, -0.2) is 11.5 Å². The van der Waals surface area contributed by atoms with Gasteiger partial charge < -0.3 is 4.90 Å². The fourth-order valence-corrected chi connectivity index (χ4v) is 3.62. The second-order valence-electron chi connectivity index (χ2n) is 6.04. The maximum atomic E-state index is 12.9. The minimum atomic E-state index is -4.32. The van der Waals surface area contributed by atoms with E-state index in [0.717, 1.165) is 29.4 Å². The third-order valence-corrected chi connectivity index (χ3v) is 4.63. The van der Waals surface area contributed by atoms with Crippen molar-refractivity contribution in [2.24, 2.45) is 5.92 Å². The van der Waals surface area contributed by atoms with E-state index in [-0.39, 0.29) is 12.4 Å². The molecule has 0 N–H and O–H groups in total. The SMILES string of the molecule is CC(C)CN(c1ccncc1)c1csc2cc(C(F)(F)F)ccc12.Cl. The van der Waals surface area contributed by atoms with Crippen molar-refractivity contribution in [2.45, 2.75) is 20.0 Å². The zero-order chi connectivity index (χ0) is 17.3. The molecule has 0 aliphatic heterocycles. The van der Waals surface area contributed by atoms with Gasteiger partial charge >= 0.3 is 6.18 Å². The standard InChI is InChI=1S/C18H17F3N2S.ClH/c1-12(2)10-23(14-5-7-22-8-6-14)16-11-24-17-9-13(18(19,20)21)3-4-15(16)17;/h3-9,11-12H,10H2,1-2H3;1H. The van der Waals surface area contributed by atoms with Gasteiger partial charge in [0.1, 0.15) is 0 Å². The van der Waals surface area contributed by atoms with E-state index >= 15 is 0 Å². The summed E-state index contributed by atoms with van der Waals surface area (Å²) in [6, 6.07) is 7.77. The van der Waals surface area contributed by atoms with Gasteiger partial charge in [-0.25, -0.2) is 0 Å². The topological polar surface area (TPSA) is 16.1 Å². The lowest BCUT2D eigenvalue weighted by Gasteiger charge is -2.26. The molecule has 0 radical (unpaired) electrons. The molecule has 0 atom stereocenters. The average molecular weight is 387 g/mol. The van der Waals surface area contributed by atoms with E-state index in [4.69, 9.17) is 0 Å². The molecule has 25 heavy (non-hydrogen) atoms. The number of pyridine rings is 1. The van der Waals surface area contributed by atoms with E-state index in [9.17, 15) is 13.2 Å². The first kappa shape index (κ1) is 19.5. The van der Waals surface area contributed by atoms with Crippen LogP contribution in [0.25, 0.3) is 10.1 Å². The molecule has 0 saturated carbocycles. The number of fused-ring (bicyclic) bond motifs is 1. The van der Waals surface area contributed by atoms with Gasteiger partial charge in [0.15, 0.2) is 0 Å². The fraction of sp³-hybridized carbons (Fsp3) is 0.278. The van der Waals surface area contributed by atoms with Gasteiger partial charge in [-0.15, -0.1) is 23.7 Å². The smallest absolute Gasteiger partial charge is 0.340 e. The number of hydrogen-bond donors (Lipinski definition) is 0. The third-order valence-electron chi connectivity index (χ3n) is 3.70. The highest BCUT2D eigenvalue weighted by Crippen LogP contribution is 2.40. The van der Waals surface area contributed by atoms with Crippen LogP contribution in [0.1, 0.15) is 19.4 Å². The molecule has 0 aliphatic carbocycles. The molecule has 2 nitrogen and oxygen atoms in total. The molecule has 0 bridgehead atoms. The lowest BCUT2D eigenvalue weighted by molar-refractivity contribution is -0.137. The Morgan fingerprint density at radius 3 is 2.40 bits per heavy atom. The summed E-state index contributed by atoms with van der Waals surface area (Å²) in [7, 11) is 0. The monoisotopic (exact) mass is 386 g/mol. The highest BCUT2D eigenvalue weighted by molar-refractivity contribution is 7.17. The highest BCUT2D eigenvalue weighted by atomic mass is 35.5. The predicted molar refractivity (Wildman–Crippen MR) is 100 cm³/mol. The van der Waals surface area contributed by atoms with Gasteiger partial charge in [-0.3, -0.25) is 4.98 Å². The number of benzene rings is 1. The van der Waals surface area contributed by atoms with Crippen molar-refractivity contribution in [1.82, 2.24) is 4.98 Å². The van der Waals surface area contributed by atoms with Crippen LogP contribution in [0.15, 0.2) is 48.1 Å². The summed E-state index contributed by atoms with van der Waals surface area (Å²) in [6.07, 6.45) is -0.876. The van der Waals surface area contributed by atoms with E-state index in [1.165, 1.54) is 17.4 Å². The zero-order valence-corrected chi connectivity index (χ0v) is 15.4. The molecule has 0 amide bonds. The number of aromatic nitrogens is 1. The number of nitrogens with zero attached hydrogens (tertiary/aromatic N) is 2. The predicted octanol–water partition coefficient (Wildman–Crippen LogP) is 6.53. The van der Waals surface area contributed by atoms with Gasteiger partial charge in [-0.1, -0.05) is 19.9 Å². The summed E-state index contributed by atoms with van der Waals surface area (Å²) in [6.45, 7) is 5.01. The first-order chi connectivity index (χ1) is 11.4. The quantitative estimate of drug-likeness (QED) is 0.506.